The van der Waals surface area contributed by atoms with Gasteiger partial charge in [0.1, 0.15) is 11.6 Å². The van der Waals surface area contributed by atoms with Gasteiger partial charge in [0.15, 0.2) is 0 Å². The largest absolute Gasteiger partial charge is 0.408 e. The molecule has 9 heteroatoms. The van der Waals surface area contributed by atoms with Crippen LogP contribution in [0.3, 0.4) is 0 Å². The van der Waals surface area contributed by atoms with Crippen LogP contribution < -0.4 is 5.32 Å². The van der Waals surface area contributed by atoms with Gasteiger partial charge in [0, 0.05) is 24.9 Å². The number of amides is 2. The molecule has 1 aromatic rings. The molecule has 1 fully saturated rings. The number of nitrogens with one attached hydrogen (secondary N) is 1. The molecule has 0 saturated carbocycles. The molecule has 1 unspecified atom stereocenters. The van der Waals surface area contributed by atoms with Crippen molar-refractivity contribution in [3.05, 3.63) is 21.4 Å². The second-order valence-corrected chi connectivity index (χ2v) is 7.85. The summed E-state index contributed by atoms with van der Waals surface area (Å²) < 4.78 is 44.1. The van der Waals surface area contributed by atoms with Gasteiger partial charge in [-0.1, -0.05) is 0 Å². The summed E-state index contributed by atoms with van der Waals surface area (Å²) in [7, 11) is 0. The minimum Gasteiger partial charge on any atom is -0.369 e. The normalized spacial score (nSPS) is 20.6. The highest BCUT2D eigenvalue weighted by molar-refractivity contribution is 7.14. The Hall–Kier alpha value is -1.61. The fraction of sp³-hybridized carbons (Fsp3) is 0.647. The van der Waals surface area contributed by atoms with Gasteiger partial charge in [-0.25, -0.2) is 0 Å². The monoisotopic (exact) mass is 390 g/mol. The molecule has 2 amide bonds. The van der Waals surface area contributed by atoms with E-state index in [2.05, 4.69) is 0 Å². The van der Waals surface area contributed by atoms with E-state index in [0.717, 1.165) is 17.4 Å². The Morgan fingerprint density at radius 1 is 1.35 bits per heavy atom. The van der Waals surface area contributed by atoms with Gasteiger partial charge >= 0.3 is 6.18 Å². The van der Waals surface area contributed by atoms with E-state index in [1.54, 1.807) is 11.0 Å². The SMILES string of the molecule is CC(=O)N1CCC2(CC1)OCCc1cc(C(=O)NC(C)C(F)(F)F)sc12. The summed E-state index contributed by atoms with van der Waals surface area (Å²) in [6, 6.07) is -0.224. The molecule has 3 rings (SSSR count). The van der Waals surface area contributed by atoms with Crippen LogP contribution in [0.5, 0.6) is 0 Å². The number of ether oxygens (including phenoxy) is 1. The molecular formula is C17H21F3N2O3S. The Bertz CT molecular complexity index is 709. The summed E-state index contributed by atoms with van der Waals surface area (Å²) >= 11 is 1.20. The van der Waals surface area contributed by atoms with Crippen LogP contribution in [-0.4, -0.2) is 48.6 Å². The third-order valence-electron chi connectivity index (χ3n) is 5.05. The maximum absolute atomic E-state index is 12.7. The Balaban J connectivity index is 1.79. The topological polar surface area (TPSA) is 58.6 Å². The zero-order chi connectivity index (χ0) is 19.1. The van der Waals surface area contributed by atoms with Gasteiger partial charge in [-0.15, -0.1) is 11.3 Å². The van der Waals surface area contributed by atoms with Crippen molar-refractivity contribution in [3.63, 3.8) is 0 Å². The molecule has 0 bridgehead atoms. The van der Waals surface area contributed by atoms with E-state index in [0.29, 0.717) is 39.0 Å². The van der Waals surface area contributed by atoms with Crippen LogP contribution in [0.15, 0.2) is 6.07 Å². The predicted molar refractivity (Wildman–Crippen MR) is 90.1 cm³/mol. The summed E-state index contributed by atoms with van der Waals surface area (Å²) in [6.45, 7) is 4.09. The molecule has 1 spiro atoms. The van der Waals surface area contributed by atoms with Crippen molar-refractivity contribution >= 4 is 23.2 Å². The van der Waals surface area contributed by atoms with E-state index in [1.165, 1.54) is 18.3 Å². The smallest absolute Gasteiger partial charge is 0.369 e. The second-order valence-electron chi connectivity index (χ2n) is 6.80. The number of piperidine rings is 1. The van der Waals surface area contributed by atoms with Gasteiger partial charge in [-0.2, -0.15) is 13.2 Å². The third kappa shape index (κ3) is 3.59. The first-order valence-corrected chi connectivity index (χ1v) is 9.34. The standard InChI is InChI=1S/C17H21F3N2O3S/c1-10(17(18,19)20)21-15(24)13-9-12-3-8-25-16(14(12)26-13)4-6-22(7-5-16)11(2)23/h9-10H,3-8H2,1-2H3,(H,21,24). The lowest BCUT2D eigenvalue weighted by molar-refractivity contribution is -0.149. The lowest BCUT2D eigenvalue weighted by Gasteiger charge is -2.43. The number of carbonyl (C=O) groups excluding carboxylic acids is 2. The van der Waals surface area contributed by atoms with E-state index < -0.39 is 23.7 Å². The summed E-state index contributed by atoms with van der Waals surface area (Å²) in [5.74, 6) is -0.700. The van der Waals surface area contributed by atoms with Crippen LogP contribution in [0.25, 0.3) is 0 Å². The lowest BCUT2D eigenvalue weighted by atomic mass is 9.85. The quantitative estimate of drug-likeness (QED) is 0.845. The molecule has 1 aromatic heterocycles. The first-order valence-electron chi connectivity index (χ1n) is 8.53. The van der Waals surface area contributed by atoms with Crippen LogP contribution in [0.4, 0.5) is 13.2 Å². The summed E-state index contributed by atoms with van der Waals surface area (Å²) in [5.41, 5.74) is 0.417. The van der Waals surface area contributed by atoms with E-state index in [-0.39, 0.29) is 10.8 Å². The maximum Gasteiger partial charge on any atom is 0.408 e. The number of hydrogen-bond donors (Lipinski definition) is 1. The van der Waals surface area contributed by atoms with Crippen molar-refractivity contribution in [3.8, 4) is 0 Å². The first-order chi connectivity index (χ1) is 12.1. The van der Waals surface area contributed by atoms with Gasteiger partial charge < -0.3 is 15.0 Å². The fourth-order valence-electron chi connectivity index (χ4n) is 3.44. The van der Waals surface area contributed by atoms with E-state index in [4.69, 9.17) is 4.74 Å². The van der Waals surface area contributed by atoms with Gasteiger partial charge in [0.05, 0.1) is 11.5 Å². The van der Waals surface area contributed by atoms with Crippen molar-refractivity contribution in [2.75, 3.05) is 19.7 Å². The van der Waals surface area contributed by atoms with Crippen molar-refractivity contribution in [1.29, 1.82) is 0 Å². The predicted octanol–water partition coefficient (Wildman–Crippen LogP) is 2.84. The first kappa shape index (κ1) is 19.2. The number of likely N-dealkylation sites (tertiary alicyclic amines) is 1. The number of nitrogens with zero attached hydrogens (tertiary/aromatic N) is 1. The molecule has 1 atom stereocenters. The number of alkyl halides is 3. The molecule has 2 aliphatic rings. The molecule has 5 nitrogen and oxygen atoms in total. The summed E-state index contributed by atoms with van der Waals surface area (Å²) in [6.07, 6.45) is -2.59. The Morgan fingerprint density at radius 2 is 2.00 bits per heavy atom. The molecule has 0 radical (unpaired) electrons. The number of carbonyl (C=O) groups is 2. The van der Waals surface area contributed by atoms with Gasteiger partial charge in [0.25, 0.3) is 5.91 Å². The van der Waals surface area contributed by atoms with Crippen molar-refractivity contribution in [1.82, 2.24) is 10.2 Å². The minimum absolute atomic E-state index is 0.0169. The van der Waals surface area contributed by atoms with Gasteiger partial charge in [-0.05, 0) is 37.8 Å². The van der Waals surface area contributed by atoms with E-state index in [9.17, 15) is 22.8 Å². The van der Waals surface area contributed by atoms with Gasteiger partial charge in [0.2, 0.25) is 5.91 Å². The van der Waals surface area contributed by atoms with Crippen LogP contribution in [-0.2, 0) is 21.6 Å². The Kier molecular flexibility index (Phi) is 5.04. The molecule has 144 valence electrons. The van der Waals surface area contributed by atoms with Crippen LogP contribution >= 0.6 is 11.3 Å². The Labute approximate surface area is 153 Å². The van der Waals surface area contributed by atoms with E-state index in [1.807, 2.05) is 5.32 Å². The third-order valence-corrected chi connectivity index (χ3v) is 6.41. The molecule has 26 heavy (non-hydrogen) atoms. The second kappa shape index (κ2) is 6.84. The molecule has 3 heterocycles. The summed E-state index contributed by atoms with van der Waals surface area (Å²) in [4.78, 5) is 26.7. The average molecular weight is 390 g/mol. The zero-order valence-corrected chi connectivity index (χ0v) is 15.4. The average Bonchev–Trinajstić information content (AvgIpc) is 3.00. The highest BCUT2D eigenvalue weighted by Crippen LogP contribution is 2.45. The Morgan fingerprint density at radius 3 is 2.58 bits per heavy atom. The van der Waals surface area contributed by atoms with Crippen LogP contribution in [0, 0.1) is 0 Å². The molecule has 0 aromatic carbocycles. The van der Waals surface area contributed by atoms with E-state index >= 15 is 0 Å². The number of fused-ring (bicyclic) bond motifs is 2. The molecule has 0 aliphatic carbocycles. The fourth-order valence-corrected chi connectivity index (χ4v) is 4.75. The molecule has 2 aliphatic heterocycles. The number of thiophene rings is 1. The molecule has 1 N–H and O–H groups in total. The number of halogens is 3. The highest BCUT2D eigenvalue weighted by Gasteiger charge is 2.43. The van der Waals surface area contributed by atoms with Crippen LogP contribution in [0.1, 0.15) is 46.8 Å². The molecular weight excluding hydrogens is 369 g/mol. The zero-order valence-electron chi connectivity index (χ0n) is 14.6. The van der Waals surface area contributed by atoms with Crippen molar-refractivity contribution in [2.24, 2.45) is 0 Å². The summed E-state index contributed by atoms with van der Waals surface area (Å²) in [5, 5.41) is 2.01. The van der Waals surface area contributed by atoms with Gasteiger partial charge in [-0.3, -0.25) is 9.59 Å². The maximum atomic E-state index is 12.7. The minimum atomic E-state index is -4.48. The highest BCUT2D eigenvalue weighted by atomic mass is 32.1. The number of hydrogen-bond acceptors (Lipinski definition) is 4. The lowest BCUT2D eigenvalue weighted by Crippen LogP contribution is -2.47. The van der Waals surface area contributed by atoms with Crippen molar-refractivity contribution < 1.29 is 27.5 Å². The number of rotatable bonds is 2. The molecule has 1 saturated heterocycles. The van der Waals surface area contributed by atoms with Crippen LogP contribution in [0.2, 0.25) is 0 Å². The van der Waals surface area contributed by atoms with Crippen molar-refractivity contribution in [2.45, 2.75) is 50.9 Å².